The van der Waals surface area contributed by atoms with E-state index in [-0.39, 0.29) is 6.02 Å². The second kappa shape index (κ2) is 6.64. The van der Waals surface area contributed by atoms with Crippen LogP contribution < -0.4 is 15.8 Å². The van der Waals surface area contributed by atoms with Crippen LogP contribution in [0.5, 0.6) is 11.5 Å². The van der Waals surface area contributed by atoms with Crippen LogP contribution in [0.25, 0.3) is 10.2 Å². The van der Waals surface area contributed by atoms with Crippen molar-refractivity contribution < 1.29 is 9.47 Å². The van der Waals surface area contributed by atoms with Crippen LogP contribution in [-0.4, -0.2) is 27.6 Å². The molecule has 1 atom stereocenters. The number of pyridine rings is 2. The monoisotopic (exact) mass is 430 g/mol. The van der Waals surface area contributed by atoms with Crippen LogP contribution in [0.2, 0.25) is 0 Å². The molecule has 0 bridgehead atoms. The fraction of sp³-hybridized carbons (Fsp3) is 0.182. The van der Waals surface area contributed by atoms with E-state index in [9.17, 15) is 0 Å². The third-order valence-corrected chi connectivity index (χ3v) is 6.50. The van der Waals surface area contributed by atoms with Gasteiger partial charge in [-0.1, -0.05) is 0 Å². The highest BCUT2D eigenvalue weighted by Crippen LogP contribution is 2.52. The number of nitrogens with one attached hydrogen (secondary N) is 1. The SMILES string of the molecule is Cc1nc2c(Nc3ccc4c(c3)C3(CCOC(N)=N3)c3ccncc3O4)nccc2s1. The first-order valence-corrected chi connectivity index (χ1v) is 10.7. The lowest BCUT2D eigenvalue weighted by molar-refractivity contribution is 0.219. The van der Waals surface area contributed by atoms with E-state index in [2.05, 4.69) is 20.3 Å². The molecule has 1 spiro atoms. The van der Waals surface area contributed by atoms with E-state index in [0.29, 0.717) is 24.6 Å². The number of fused-ring (bicyclic) bond motifs is 5. The van der Waals surface area contributed by atoms with Crippen molar-refractivity contribution >= 4 is 39.1 Å². The molecule has 0 fully saturated rings. The number of hydrogen-bond acceptors (Lipinski definition) is 9. The molecule has 2 aliphatic heterocycles. The standard InChI is InChI=1S/C22H18N6O2S/c1-12-26-19-18(31-12)5-8-25-20(19)27-13-2-3-16-15(10-13)22(6-9-29-21(23)28-22)14-4-7-24-11-17(14)30-16/h2-5,7-8,10-11H,6,9H2,1H3,(H2,23,28)(H,25,27). The maximum Gasteiger partial charge on any atom is 0.283 e. The zero-order valence-corrected chi connectivity index (χ0v) is 17.4. The molecular formula is C22H18N6O2S. The number of aromatic nitrogens is 3. The first-order chi connectivity index (χ1) is 15.1. The van der Waals surface area contributed by atoms with E-state index in [1.807, 2.05) is 37.3 Å². The summed E-state index contributed by atoms with van der Waals surface area (Å²) in [6.45, 7) is 2.46. The van der Waals surface area contributed by atoms with Gasteiger partial charge < -0.3 is 20.5 Å². The van der Waals surface area contributed by atoms with Gasteiger partial charge in [0.1, 0.15) is 16.8 Å². The summed E-state index contributed by atoms with van der Waals surface area (Å²) in [5.41, 5.74) is 8.90. The molecule has 1 aromatic carbocycles. The molecule has 3 N–H and O–H groups in total. The highest BCUT2D eigenvalue weighted by molar-refractivity contribution is 7.18. The van der Waals surface area contributed by atoms with Crippen molar-refractivity contribution in [3.63, 3.8) is 0 Å². The van der Waals surface area contributed by atoms with Crippen LogP contribution >= 0.6 is 11.3 Å². The lowest BCUT2D eigenvalue weighted by atomic mass is 9.78. The number of anilines is 2. The minimum absolute atomic E-state index is 0.171. The molecule has 31 heavy (non-hydrogen) atoms. The van der Waals surface area contributed by atoms with Crippen LogP contribution in [0.15, 0.2) is 53.9 Å². The van der Waals surface area contributed by atoms with E-state index in [0.717, 1.165) is 37.8 Å². The number of aliphatic imine (C=N–C) groups is 1. The molecule has 0 amide bonds. The second-order valence-electron chi connectivity index (χ2n) is 7.46. The van der Waals surface area contributed by atoms with Crippen LogP contribution in [0, 0.1) is 6.92 Å². The summed E-state index contributed by atoms with van der Waals surface area (Å²) >= 11 is 1.65. The van der Waals surface area contributed by atoms with Gasteiger partial charge in [-0.2, -0.15) is 0 Å². The summed E-state index contributed by atoms with van der Waals surface area (Å²) in [6, 6.07) is 10.0. The summed E-state index contributed by atoms with van der Waals surface area (Å²) in [4.78, 5) is 18.1. The topological polar surface area (TPSA) is 108 Å². The molecule has 3 aromatic heterocycles. The molecule has 1 unspecified atom stereocenters. The zero-order chi connectivity index (χ0) is 21.0. The minimum atomic E-state index is -0.692. The summed E-state index contributed by atoms with van der Waals surface area (Å²) in [5, 5.41) is 4.42. The third-order valence-electron chi connectivity index (χ3n) is 5.57. The Bertz CT molecular complexity index is 1370. The summed E-state index contributed by atoms with van der Waals surface area (Å²) in [5.74, 6) is 2.12. The number of amidine groups is 1. The molecule has 0 radical (unpaired) electrons. The predicted octanol–water partition coefficient (Wildman–Crippen LogP) is 4.22. The Morgan fingerprint density at radius 2 is 2.06 bits per heavy atom. The number of aryl methyl sites for hydroxylation is 1. The maximum absolute atomic E-state index is 6.15. The van der Waals surface area contributed by atoms with E-state index >= 15 is 0 Å². The van der Waals surface area contributed by atoms with E-state index in [1.165, 1.54) is 0 Å². The van der Waals surface area contributed by atoms with Gasteiger partial charge in [0.25, 0.3) is 6.02 Å². The van der Waals surface area contributed by atoms with Crippen molar-refractivity contribution in [2.75, 3.05) is 11.9 Å². The molecule has 4 aromatic rings. The highest BCUT2D eigenvalue weighted by Gasteiger charge is 2.44. The highest BCUT2D eigenvalue weighted by atomic mass is 32.1. The normalized spacial score (nSPS) is 19.2. The smallest absolute Gasteiger partial charge is 0.283 e. The molecule has 0 saturated carbocycles. The van der Waals surface area contributed by atoms with Gasteiger partial charge in [0, 0.05) is 35.6 Å². The number of nitrogens with two attached hydrogens (primary N) is 1. The first-order valence-electron chi connectivity index (χ1n) is 9.86. The third kappa shape index (κ3) is 2.81. The average molecular weight is 430 g/mol. The van der Waals surface area contributed by atoms with Crippen LogP contribution in [0.4, 0.5) is 11.5 Å². The minimum Gasteiger partial charge on any atom is -0.465 e. The fourth-order valence-electron chi connectivity index (χ4n) is 4.25. The zero-order valence-electron chi connectivity index (χ0n) is 16.6. The van der Waals surface area contributed by atoms with Gasteiger partial charge in [0.2, 0.25) is 0 Å². The number of hydrogen-bond donors (Lipinski definition) is 2. The Hall–Kier alpha value is -3.72. The van der Waals surface area contributed by atoms with Gasteiger partial charge in [-0.25, -0.2) is 15.0 Å². The number of nitrogens with zero attached hydrogens (tertiary/aromatic N) is 4. The van der Waals surface area contributed by atoms with Crippen LogP contribution in [-0.2, 0) is 10.3 Å². The molecule has 8 nitrogen and oxygen atoms in total. The number of ether oxygens (including phenoxy) is 2. The number of rotatable bonds is 2. The number of benzene rings is 1. The molecular weight excluding hydrogens is 412 g/mol. The molecule has 6 rings (SSSR count). The molecule has 0 saturated heterocycles. The lowest BCUT2D eigenvalue weighted by Crippen LogP contribution is -2.38. The molecule has 0 aliphatic carbocycles. The van der Waals surface area contributed by atoms with Crippen molar-refractivity contribution in [2.45, 2.75) is 18.9 Å². The lowest BCUT2D eigenvalue weighted by Gasteiger charge is -2.39. The van der Waals surface area contributed by atoms with Crippen molar-refractivity contribution in [1.29, 1.82) is 0 Å². The van der Waals surface area contributed by atoms with Gasteiger partial charge in [0.05, 0.1) is 22.5 Å². The van der Waals surface area contributed by atoms with Gasteiger partial charge in [0.15, 0.2) is 11.6 Å². The molecule has 2 aliphatic rings. The summed E-state index contributed by atoms with van der Waals surface area (Å²) in [7, 11) is 0. The second-order valence-corrected chi connectivity index (χ2v) is 8.69. The van der Waals surface area contributed by atoms with Crippen LogP contribution in [0.3, 0.4) is 0 Å². The molecule has 9 heteroatoms. The quantitative estimate of drug-likeness (QED) is 0.490. The van der Waals surface area contributed by atoms with E-state index in [4.69, 9.17) is 20.2 Å². The predicted molar refractivity (Wildman–Crippen MR) is 119 cm³/mol. The largest absolute Gasteiger partial charge is 0.465 e. The first kappa shape index (κ1) is 18.1. The van der Waals surface area contributed by atoms with Gasteiger partial charge in [-0.15, -0.1) is 11.3 Å². The van der Waals surface area contributed by atoms with E-state index in [1.54, 1.807) is 29.9 Å². The van der Waals surface area contributed by atoms with Crippen molar-refractivity contribution in [1.82, 2.24) is 15.0 Å². The Kier molecular flexibility index (Phi) is 3.87. The summed E-state index contributed by atoms with van der Waals surface area (Å²) < 4.78 is 12.7. The maximum atomic E-state index is 6.15. The Morgan fingerprint density at radius 3 is 2.97 bits per heavy atom. The average Bonchev–Trinajstić information content (AvgIpc) is 3.16. The Labute approximate surface area is 181 Å². The fourth-order valence-corrected chi connectivity index (χ4v) is 5.07. The van der Waals surface area contributed by atoms with E-state index < -0.39 is 5.54 Å². The number of thiazole rings is 1. The Balaban J connectivity index is 1.49. The van der Waals surface area contributed by atoms with Crippen molar-refractivity contribution in [2.24, 2.45) is 10.7 Å². The van der Waals surface area contributed by atoms with Crippen molar-refractivity contribution in [3.8, 4) is 11.5 Å². The molecule has 5 heterocycles. The van der Waals surface area contributed by atoms with Gasteiger partial charge in [-0.05, 0) is 37.3 Å². The van der Waals surface area contributed by atoms with Gasteiger partial charge in [-0.3, -0.25) is 4.98 Å². The van der Waals surface area contributed by atoms with Gasteiger partial charge >= 0.3 is 0 Å². The van der Waals surface area contributed by atoms with Crippen LogP contribution in [0.1, 0.15) is 22.6 Å². The van der Waals surface area contributed by atoms with Crippen molar-refractivity contribution in [3.05, 3.63) is 65.1 Å². The molecule has 154 valence electrons. The summed E-state index contributed by atoms with van der Waals surface area (Å²) in [6.07, 6.45) is 5.89. The Morgan fingerprint density at radius 1 is 1.13 bits per heavy atom.